The molecule has 1 atom stereocenters. The molecule has 0 saturated carbocycles. The van der Waals surface area contributed by atoms with Crippen LogP contribution in [0.1, 0.15) is 56.2 Å². The van der Waals surface area contributed by atoms with Crippen LogP contribution in [0.2, 0.25) is 0 Å². The van der Waals surface area contributed by atoms with Gasteiger partial charge in [-0.3, -0.25) is 9.89 Å². The van der Waals surface area contributed by atoms with Crippen LogP contribution in [0.4, 0.5) is 5.69 Å². The van der Waals surface area contributed by atoms with Gasteiger partial charge in [0.05, 0.1) is 17.5 Å². The van der Waals surface area contributed by atoms with E-state index in [1.165, 1.54) is 0 Å². The highest BCUT2D eigenvalue weighted by Crippen LogP contribution is 2.16. The first-order valence-electron chi connectivity index (χ1n) is 7.33. The molecule has 1 rings (SSSR count). The smallest absolute Gasteiger partial charge is 0.274 e. The van der Waals surface area contributed by atoms with Crippen molar-refractivity contribution < 1.29 is 9.90 Å². The molecule has 0 fully saturated rings. The number of hydrogen-bond acceptors (Lipinski definition) is 4. The summed E-state index contributed by atoms with van der Waals surface area (Å²) in [5.74, 6) is -0.145. The summed E-state index contributed by atoms with van der Waals surface area (Å²) in [6.07, 6.45) is 2.94. The van der Waals surface area contributed by atoms with Crippen LogP contribution >= 0.6 is 0 Å². The molecule has 20 heavy (non-hydrogen) atoms. The lowest BCUT2D eigenvalue weighted by Crippen LogP contribution is -2.36. The molecular weight excluding hydrogens is 256 g/mol. The molecule has 6 heteroatoms. The standard InChI is InChI=1S/C14H26N4O2/c1-4-7-10-12(15)13(18-17-10)14(20)16-8-11(19)9(5-2)6-3/h9,11,19H,4-8,15H2,1-3H3,(H,16,20)(H,17,18). The largest absolute Gasteiger partial charge is 0.395 e. The average molecular weight is 282 g/mol. The summed E-state index contributed by atoms with van der Waals surface area (Å²) in [7, 11) is 0. The number of hydrogen-bond donors (Lipinski definition) is 4. The van der Waals surface area contributed by atoms with Crippen LogP contribution in [-0.4, -0.2) is 33.9 Å². The van der Waals surface area contributed by atoms with Gasteiger partial charge in [0, 0.05) is 6.54 Å². The van der Waals surface area contributed by atoms with Crippen molar-refractivity contribution >= 4 is 11.6 Å². The van der Waals surface area contributed by atoms with Crippen LogP contribution in [-0.2, 0) is 6.42 Å². The fourth-order valence-corrected chi connectivity index (χ4v) is 2.28. The van der Waals surface area contributed by atoms with Gasteiger partial charge in [0.15, 0.2) is 5.69 Å². The summed E-state index contributed by atoms with van der Waals surface area (Å²) < 4.78 is 0. The number of carbonyl (C=O) groups excluding carboxylic acids is 1. The summed E-state index contributed by atoms with van der Waals surface area (Å²) >= 11 is 0. The number of nitrogens with one attached hydrogen (secondary N) is 2. The second-order valence-corrected chi connectivity index (χ2v) is 5.07. The van der Waals surface area contributed by atoms with Gasteiger partial charge in [-0.2, -0.15) is 5.10 Å². The number of anilines is 1. The topological polar surface area (TPSA) is 104 Å². The highest BCUT2D eigenvalue weighted by molar-refractivity contribution is 5.97. The Balaban J connectivity index is 2.59. The molecule has 5 N–H and O–H groups in total. The molecule has 0 aliphatic carbocycles. The fourth-order valence-electron chi connectivity index (χ4n) is 2.28. The third-order valence-electron chi connectivity index (χ3n) is 3.66. The number of amides is 1. The Labute approximate surface area is 120 Å². The van der Waals surface area contributed by atoms with Gasteiger partial charge in [-0.15, -0.1) is 0 Å². The third kappa shape index (κ3) is 3.96. The first-order chi connectivity index (χ1) is 9.54. The fraction of sp³-hybridized carbons (Fsp3) is 0.714. The molecule has 1 amide bonds. The minimum atomic E-state index is -0.538. The van der Waals surface area contributed by atoms with E-state index in [4.69, 9.17) is 5.73 Å². The predicted octanol–water partition coefficient (Wildman–Crippen LogP) is 1.47. The van der Waals surface area contributed by atoms with Crippen molar-refractivity contribution in [3.05, 3.63) is 11.4 Å². The predicted molar refractivity (Wildman–Crippen MR) is 79.4 cm³/mol. The Morgan fingerprint density at radius 1 is 1.40 bits per heavy atom. The van der Waals surface area contributed by atoms with Gasteiger partial charge in [-0.25, -0.2) is 0 Å². The number of aliphatic hydroxyl groups excluding tert-OH is 1. The van der Waals surface area contributed by atoms with Gasteiger partial charge in [0.2, 0.25) is 0 Å². The molecule has 1 aromatic heterocycles. The Kier molecular flexibility index (Phi) is 6.51. The van der Waals surface area contributed by atoms with E-state index in [1.54, 1.807) is 0 Å². The van der Waals surface area contributed by atoms with Gasteiger partial charge in [0.1, 0.15) is 0 Å². The monoisotopic (exact) mass is 282 g/mol. The molecule has 0 aliphatic rings. The number of aryl methyl sites for hydroxylation is 1. The molecule has 1 unspecified atom stereocenters. The molecule has 0 aromatic carbocycles. The van der Waals surface area contributed by atoms with Crippen molar-refractivity contribution in [3.63, 3.8) is 0 Å². The van der Waals surface area contributed by atoms with Gasteiger partial charge in [-0.05, 0) is 12.3 Å². The molecule has 114 valence electrons. The third-order valence-corrected chi connectivity index (χ3v) is 3.66. The van der Waals surface area contributed by atoms with Crippen LogP contribution in [0.3, 0.4) is 0 Å². The Hall–Kier alpha value is -1.56. The molecule has 0 bridgehead atoms. The summed E-state index contributed by atoms with van der Waals surface area (Å²) in [6, 6.07) is 0. The van der Waals surface area contributed by atoms with Crippen LogP contribution in [0, 0.1) is 5.92 Å². The number of rotatable bonds is 8. The van der Waals surface area contributed by atoms with Gasteiger partial charge in [-0.1, -0.05) is 40.0 Å². The minimum absolute atomic E-state index is 0.197. The highest BCUT2D eigenvalue weighted by Gasteiger charge is 2.20. The van der Waals surface area contributed by atoms with E-state index in [2.05, 4.69) is 15.5 Å². The van der Waals surface area contributed by atoms with Crippen LogP contribution in [0.5, 0.6) is 0 Å². The lowest BCUT2D eigenvalue weighted by Gasteiger charge is -2.20. The van der Waals surface area contributed by atoms with Crippen LogP contribution in [0.15, 0.2) is 0 Å². The summed E-state index contributed by atoms with van der Waals surface area (Å²) in [4.78, 5) is 12.0. The number of aliphatic hydroxyl groups is 1. The number of aromatic nitrogens is 2. The first kappa shape index (κ1) is 16.5. The van der Waals surface area contributed by atoms with E-state index in [-0.39, 0.29) is 24.1 Å². The van der Waals surface area contributed by atoms with Gasteiger partial charge < -0.3 is 16.2 Å². The summed E-state index contributed by atoms with van der Waals surface area (Å²) in [5, 5.41) is 19.4. The lowest BCUT2D eigenvalue weighted by molar-refractivity contribution is 0.0813. The zero-order valence-corrected chi connectivity index (χ0v) is 12.6. The maximum Gasteiger partial charge on any atom is 0.274 e. The second-order valence-electron chi connectivity index (χ2n) is 5.07. The number of nitrogens with zero attached hydrogens (tertiary/aromatic N) is 1. The van der Waals surface area contributed by atoms with Crippen molar-refractivity contribution in [1.29, 1.82) is 0 Å². The minimum Gasteiger partial charge on any atom is -0.395 e. The first-order valence-corrected chi connectivity index (χ1v) is 7.33. The maximum atomic E-state index is 12.0. The molecular formula is C14H26N4O2. The van der Waals surface area contributed by atoms with E-state index in [9.17, 15) is 9.90 Å². The average Bonchev–Trinajstić information content (AvgIpc) is 2.79. The van der Waals surface area contributed by atoms with Crippen molar-refractivity contribution in [3.8, 4) is 0 Å². The molecule has 0 radical (unpaired) electrons. The zero-order valence-electron chi connectivity index (χ0n) is 12.6. The lowest BCUT2D eigenvalue weighted by atomic mass is 9.96. The Bertz CT molecular complexity index is 427. The van der Waals surface area contributed by atoms with E-state index in [0.29, 0.717) is 5.69 Å². The maximum absolute atomic E-state index is 12.0. The van der Waals surface area contributed by atoms with Gasteiger partial charge in [0.25, 0.3) is 5.91 Å². The zero-order chi connectivity index (χ0) is 15.1. The quantitative estimate of drug-likeness (QED) is 0.579. The van der Waals surface area contributed by atoms with Crippen molar-refractivity contribution in [2.45, 2.75) is 52.6 Å². The normalized spacial score (nSPS) is 12.7. The molecule has 1 heterocycles. The number of H-pyrrole nitrogens is 1. The van der Waals surface area contributed by atoms with E-state index in [0.717, 1.165) is 31.4 Å². The van der Waals surface area contributed by atoms with E-state index in [1.807, 2.05) is 20.8 Å². The SMILES string of the molecule is CCCc1[nH]nc(C(=O)NCC(O)C(CC)CC)c1N. The highest BCUT2D eigenvalue weighted by atomic mass is 16.3. The molecule has 0 saturated heterocycles. The summed E-state index contributed by atoms with van der Waals surface area (Å²) in [6.45, 7) is 6.32. The Morgan fingerprint density at radius 2 is 2.05 bits per heavy atom. The van der Waals surface area contributed by atoms with Crippen molar-refractivity contribution in [2.75, 3.05) is 12.3 Å². The van der Waals surface area contributed by atoms with Crippen molar-refractivity contribution in [2.24, 2.45) is 5.92 Å². The number of nitrogens with two attached hydrogens (primary N) is 1. The van der Waals surface area contributed by atoms with E-state index >= 15 is 0 Å². The Morgan fingerprint density at radius 3 is 2.60 bits per heavy atom. The molecule has 1 aromatic rings. The molecule has 0 aliphatic heterocycles. The van der Waals surface area contributed by atoms with Gasteiger partial charge >= 0.3 is 0 Å². The molecule has 6 nitrogen and oxygen atoms in total. The van der Waals surface area contributed by atoms with Crippen LogP contribution in [0.25, 0.3) is 0 Å². The second kappa shape index (κ2) is 7.89. The van der Waals surface area contributed by atoms with Crippen molar-refractivity contribution in [1.82, 2.24) is 15.5 Å². The number of carbonyl (C=O) groups is 1. The number of nitrogen functional groups attached to an aromatic ring is 1. The van der Waals surface area contributed by atoms with E-state index < -0.39 is 6.10 Å². The molecule has 0 spiro atoms. The summed E-state index contributed by atoms with van der Waals surface area (Å²) in [5.41, 5.74) is 7.30. The number of aromatic amines is 1. The van der Waals surface area contributed by atoms with Crippen LogP contribution < -0.4 is 11.1 Å².